The fraction of sp³-hybridized carbons (Fsp3) is 0.0667. The minimum Gasteiger partial charge on any atom is -0.271 e. The van der Waals surface area contributed by atoms with E-state index >= 15 is 0 Å². The number of aromatic nitrogens is 3. The molecule has 19 heavy (non-hydrogen) atoms. The number of hydrogen-bond acceptors (Lipinski definition) is 3. The van der Waals surface area contributed by atoms with E-state index in [9.17, 15) is 0 Å². The highest BCUT2D eigenvalue weighted by atomic mass is 32.1. The average Bonchev–Trinajstić information content (AvgIpc) is 2.80. The molecule has 0 radical (unpaired) electrons. The molecule has 0 aliphatic rings. The number of benzene rings is 2. The lowest BCUT2D eigenvalue weighted by molar-refractivity contribution is 0.960. The zero-order chi connectivity index (χ0) is 13.0. The van der Waals surface area contributed by atoms with Crippen molar-refractivity contribution in [3.8, 4) is 0 Å². The van der Waals surface area contributed by atoms with Crippen molar-refractivity contribution in [2.45, 2.75) is 12.1 Å². The standard InChI is InChI=1S/C15H11N3S/c1-9-6-7-11-10(8-9)14-16-12-4-2-3-5-13(12)18(14)15(19)17-11/h2-8H,1H3,(H,17,19). The molecule has 0 spiro atoms. The van der Waals surface area contributed by atoms with Crippen LogP contribution < -0.4 is 0 Å². The first-order chi connectivity index (χ1) is 9.24. The van der Waals surface area contributed by atoms with Gasteiger partial charge in [0.05, 0.1) is 16.6 Å². The van der Waals surface area contributed by atoms with E-state index in [1.165, 1.54) is 5.56 Å². The summed E-state index contributed by atoms with van der Waals surface area (Å²) in [6, 6.07) is 14.2. The van der Waals surface area contributed by atoms with E-state index in [1.54, 1.807) is 0 Å². The van der Waals surface area contributed by atoms with E-state index in [0.29, 0.717) is 5.16 Å². The summed E-state index contributed by atoms with van der Waals surface area (Å²) in [5.74, 6) is 0. The van der Waals surface area contributed by atoms with Gasteiger partial charge in [-0.15, -0.1) is 12.6 Å². The second-order valence-electron chi connectivity index (χ2n) is 4.69. The van der Waals surface area contributed by atoms with E-state index in [2.05, 4.69) is 36.7 Å². The second kappa shape index (κ2) is 3.71. The number of nitrogens with zero attached hydrogens (tertiary/aromatic N) is 3. The van der Waals surface area contributed by atoms with Gasteiger partial charge in [0.25, 0.3) is 0 Å². The van der Waals surface area contributed by atoms with Crippen molar-refractivity contribution >= 4 is 40.2 Å². The van der Waals surface area contributed by atoms with Crippen LogP contribution in [0.15, 0.2) is 47.6 Å². The van der Waals surface area contributed by atoms with Gasteiger partial charge < -0.3 is 0 Å². The van der Waals surface area contributed by atoms with Crippen molar-refractivity contribution in [2.75, 3.05) is 0 Å². The molecule has 4 heteroatoms. The van der Waals surface area contributed by atoms with Gasteiger partial charge in [0.1, 0.15) is 5.65 Å². The maximum Gasteiger partial charge on any atom is 0.171 e. The largest absolute Gasteiger partial charge is 0.271 e. The molecule has 4 aromatic rings. The number of imidazole rings is 1. The Morgan fingerprint density at radius 1 is 1.00 bits per heavy atom. The molecule has 3 nitrogen and oxygen atoms in total. The summed E-state index contributed by atoms with van der Waals surface area (Å²) in [7, 11) is 0. The van der Waals surface area contributed by atoms with Gasteiger partial charge in [0, 0.05) is 5.39 Å². The predicted octanol–water partition coefficient (Wildman–Crippen LogP) is 3.63. The van der Waals surface area contributed by atoms with Gasteiger partial charge >= 0.3 is 0 Å². The monoisotopic (exact) mass is 265 g/mol. The van der Waals surface area contributed by atoms with E-state index in [-0.39, 0.29) is 0 Å². The van der Waals surface area contributed by atoms with Gasteiger partial charge in [-0.1, -0.05) is 23.8 Å². The minimum absolute atomic E-state index is 0.667. The summed E-state index contributed by atoms with van der Waals surface area (Å²) in [4.78, 5) is 9.27. The summed E-state index contributed by atoms with van der Waals surface area (Å²) in [6.07, 6.45) is 0. The molecule has 0 aliphatic heterocycles. The summed E-state index contributed by atoms with van der Waals surface area (Å²) in [5, 5.41) is 1.73. The molecule has 2 aromatic carbocycles. The smallest absolute Gasteiger partial charge is 0.171 e. The van der Waals surface area contributed by atoms with Crippen molar-refractivity contribution in [3.05, 3.63) is 48.0 Å². The Kier molecular flexibility index (Phi) is 2.11. The van der Waals surface area contributed by atoms with Crippen LogP contribution >= 0.6 is 12.6 Å². The Morgan fingerprint density at radius 3 is 2.74 bits per heavy atom. The zero-order valence-corrected chi connectivity index (χ0v) is 11.2. The number of rotatable bonds is 0. The molecule has 0 amide bonds. The molecule has 0 unspecified atom stereocenters. The third-order valence-corrected chi connectivity index (χ3v) is 3.67. The Labute approximate surface area is 115 Å². The first-order valence-corrected chi connectivity index (χ1v) is 6.55. The van der Waals surface area contributed by atoms with Gasteiger partial charge in [0.15, 0.2) is 5.16 Å². The van der Waals surface area contributed by atoms with Crippen molar-refractivity contribution in [2.24, 2.45) is 0 Å². The molecule has 0 saturated heterocycles. The SMILES string of the molecule is Cc1ccc2nc(S)n3c4ccccc4nc3c2c1. The van der Waals surface area contributed by atoms with Crippen LogP contribution in [-0.4, -0.2) is 14.4 Å². The fourth-order valence-electron chi connectivity index (χ4n) is 2.49. The Balaban J connectivity index is 2.35. The van der Waals surface area contributed by atoms with Crippen LogP contribution in [0.1, 0.15) is 5.56 Å². The number of fused-ring (bicyclic) bond motifs is 5. The van der Waals surface area contributed by atoms with Gasteiger partial charge in [-0.25, -0.2) is 9.97 Å². The molecule has 0 atom stereocenters. The minimum atomic E-state index is 0.667. The Hall–Kier alpha value is -2.07. The zero-order valence-electron chi connectivity index (χ0n) is 10.3. The third-order valence-electron chi connectivity index (χ3n) is 3.37. The molecule has 0 aliphatic carbocycles. The molecule has 0 N–H and O–H groups in total. The van der Waals surface area contributed by atoms with Crippen LogP contribution in [0.5, 0.6) is 0 Å². The first-order valence-electron chi connectivity index (χ1n) is 6.10. The molecule has 92 valence electrons. The summed E-state index contributed by atoms with van der Waals surface area (Å²) in [5.41, 5.74) is 5.06. The lowest BCUT2D eigenvalue weighted by Crippen LogP contribution is -1.94. The van der Waals surface area contributed by atoms with Gasteiger partial charge in [0.2, 0.25) is 0 Å². The lowest BCUT2D eigenvalue weighted by Gasteiger charge is -2.04. The predicted molar refractivity (Wildman–Crippen MR) is 80.0 cm³/mol. The molecular weight excluding hydrogens is 254 g/mol. The van der Waals surface area contributed by atoms with Crippen LogP contribution in [0.2, 0.25) is 0 Å². The van der Waals surface area contributed by atoms with Gasteiger partial charge in [-0.2, -0.15) is 0 Å². The highest BCUT2D eigenvalue weighted by molar-refractivity contribution is 7.80. The van der Waals surface area contributed by atoms with E-state index in [0.717, 1.165) is 27.6 Å². The molecule has 0 bridgehead atoms. The van der Waals surface area contributed by atoms with Gasteiger partial charge in [-0.3, -0.25) is 4.40 Å². The quantitative estimate of drug-likeness (QED) is 0.389. The third kappa shape index (κ3) is 1.47. The van der Waals surface area contributed by atoms with Crippen molar-refractivity contribution < 1.29 is 0 Å². The molecule has 2 aromatic heterocycles. The number of thiol groups is 1. The first kappa shape index (κ1) is 10.8. The van der Waals surface area contributed by atoms with Crippen molar-refractivity contribution in [1.82, 2.24) is 14.4 Å². The molecule has 2 heterocycles. The van der Waals surface area contributed by atoms with Crippen LogP contribution in [0.4, 0.5) is 0 Å². The number of aryl methyl sites for hydroxylation is 1. The Morgan fingerprint density at radius 2 is 1.84 bits per heavy atom. The number of hydrogen-bond donors (Lipinski definition) is 1. The second-order valence-corrected chi connectivity index (χ2v) is 5.09. The molecule has 0 fully saturated rings. The summed E-state index contributed by atoms with van der Waals surface area (Å²) in [6.45, 7) is 2.08. The average molecular weight is 265 g/mol. The van der Waals surface area contributed by atoms with E-state index < -0.39 is 0 Å². The van der Waals surface area contributed by atoms with Crippen LogP contribution in [0.3, 0.4) is 0 Å². The molecule has 0 saturated carbocycles. The molecular formula is C15H11N3S. The van der Waals surface area contributed by atoms with Crippen molar-refractivity contribution in [1.29, 1.82) is 0 Å². The highest BCUT2D eigenvalue weighted by Crippen LogP contribution is 2.26. The summed E-state index contributed by atoms with van der Waals surface area (Å²) >= 11 is 4.51. The number of para-hydroxylation sites is 2. The maximum absolute atomic E-state index is 4.72. The lowest BCUT2D eigenvalue weighted by atomic mass is 10.2. The molecule has 4 rings (SSSR count). The van der Waals surface area contributed by atoms with Crippen LogP contribution in [0.25, 0.3) is 27.6 Å². The van der Waals surface area contributed by atoms with Crippen LogP contribution in [-0.2, 0) is 0 Å². The summed E-state index contributed by atoms with van der Waals surface area (Å²) < 4.78 is 2.00. The maximum atomic E-state index is 4.72. The van der Waals surface area contributed by atoms with Crippen molar-refractivity contribution in [3.63, 3.8) is 0 Å². The van der Waals surface area contributed by atoms with E-state index in [1.807, 2.05) is 34.7 Å². The van der Waals surface area contributed by atoms with Gasteiger partial charge in [-0.05, 0) is 31.2 Å². The fourth-order valence-corrected chi connectivity index (χ4v) is 2.80. The highest BCUT2D eigenvalue weighted by Gasteiger charge is 2.11. The van der Waals surface area contributed by atoms with Crippen LogP contribution in [0, 0.1) is 6.92 Å². The normalized spacial score (nSPS) is 11.7. The Bertz CT molecular complexity index is 940. The topological polar surface area (TPSA) is 30.2 Å². The van der Waals surface area contributed by atoms with E-state index in [4.69, 9.17) is 4.98 Å².